The zero-order chi connectivity index (χ0) is 14.8. The Morgan fingerprint density at radius 3 is 2.35 bits per heavy atom. The van der Waals surface area contributed by atoms with Gasteiger partial charge in [0.2, 0.25) is 0 Å². The van der Waals surface area contributed by atoms with E-state index in [9.17, 15) is 0 Å². The van der Waals surface area contributed by atoms with Gasteiger partial charge in [0.15, 0.2) is 0 Å². The molecule has 2 unspecified atom stereocenters. The summed E-state index contributed by atoms with van der Waals surface area (Å²) in [7, 11) is 0. The molecule has 1 N–H and O–H groups in total. The van der Waals surface area contributed by atoms with Gasteiger partial charge in [-0.2, -0.15) is 0 Å². The first kappa shape index (κ1) is 16.3. The third-order valence-electron chi connectivity index (χ3n) is 5.86. The highest BCUT2D eigenvalue weighted by Gasteiger charge is 2.44. The molecular formula is C18H35NO. The summed E-state index contributed by atoms with van der Waals surface area (Å²) < 4.78 is 6.53. The van der Waals surface area contributed by atoms with Crippen molar-refractivity contribution in [2.45, 2.75) is 97.3 Å². The summed E-state index contributed by atoms with van der Waals surface area (Å²) in [5.41, 5.74) is 0.632. The lowest BCUT2D eigenvalue weighted by molar-refractivity contribution is -0.0568. The molecule has 0 amide bonds. The fourth-order valence-electron chi connectivity index (χ4n) is 3.90. The molecule has 118 valence electrons. The first-order valence-electron chi connectivity index (χ1n) is 8.76. The van der Waals surface area contributed by atoms with Gasteiger partial charge in [-0.3, -0.25) is 0 Å². The average Bonchev–Trinajstić information content (AvgIpc) is 2.98. The molecule has 2 heteroatoms. The van der Waals surface area contributed by atoms with E-state index in [2.05, 4.69) is 39.9 Å². The smallest absolute Gasteiger partial charge is 0.0687 e. The lowest BCUT2D eigenvalue weighted by atomic mass is 9.74. The first-order valence-corrected chi connectivity index (χ1v) is 8.76. The number of hydrogen-bond acceptors (Lipinski definition) is 2. The zero-order valence-corrected chi connectivity index (χ0v) is 14.3. The van der Waals surface area contributed by atoms with Crippen molar-refractivity contribution in [2.75, 3.05) is 6.54 Å². The number of hydrogen-bond donors (Lipinski definition) is 1. The second-order valence-corrected chi connectivity index (χ2v) is 8.22. The van der Waals surface area contributed by atoms with E-state index in [1.807, 2.05) is 0 Å². The van der Waals surface area contributed by atoms with Gasteiger partial charge in [0.05, 0.1) is 11.7 Å². The highest BCUT2D eigenvalue weighted by molar-refractivity contribution is 4.95. The highest BCUT2D eigenvalue weighted by atomic mass is 16.5. The summed E-state index contributed by atoms with van der Waals surface area (Å²) in [6.45, 7) is 12.7. The maximum Gasteiger partial charge on any atom is 0.0687 e. The second kappa shape index (κ2) is 6.36. The van der Waals surface area contributed by atoms with Crippen LogP contribution in [0.15, 0.2) is 0 Å². The molecule has 2 aliphatic rings. The van der Waals surface area contributed by atoms with Crippen molar-refractivity contribution in [3.05, 3.63) is 0 Å². The third-order valence-corrected chi connectivity index (χ3v) is 5.86. The third kappa shape index (κ3) is 3.76. The minimum Gasteiger partial charge on any atom is -0.372 e. The van der Waals surface area contributed by atoms with Gasteiger partial charge in [0.25, 0.3) is 0 Å². The van der Waals surface area contributed by atoms with E-state index >= 15 is 0 Å². The molecule has 1 saturated carbocycles. The van der Waals surface area contributed by atoms with Crippen molar-refractivity contribution in [3.63, 3.8) is 0 Å². The van der Waals surface area contributed by atoms with Crippen LogP contribution < -0.4 is 5.32 Å². The Morgan fingerprint density at radius 1 is 1.15 bits per heavy atom. The van der Waals surface area contributed by atoms with Gasteiger partial charge in [-0.05, 0) is 43.4 Å². The molecule has 2 atom stereocenters. The quantitative estimate of drug-likeness (QED) is 0.772. The maximum atomic E-state index is 6.53. The largest absolute Gasteiger partial charge is 0.372 e. The van der Waals surface area contributed by atoms with Gasteiger partial charge in [-0.25, -0.2) is 0 Å². The van der Waals surface area contributed by atoms with Crippen molar-refractivity contribution >= 4 is 0 Å². The van der Waals surface area contributed by atoms with Crippen LogP contribution in [0.2, 0.25) is 0 Å². The average molecular weight is 281 g/mol. The molecule has 1 spiro atoms. The van der Waals surface area contributed by atoms with E-state index in [-0.39, 0.29) is 5.60 Å². The zero-order valence-electron chi connectivity index (χ0n) is 14.3. The Bertz CT molecular complexity index is 307. The summed E-state index contributed by atoms with van der Waals surface area (Å²) in [6, 6.07) is 0.568. The molecule has 1 heterocycles. The molecular weight excluding hydrogens is 246 g/mol. The summed E-state index contributed by atoms with van der Waals surface area (Å²) in [6.07, 6.45) is 9.68. The molecule has 2 nitrogen and oxygen atoms in total. The van der Waals surface area contributed by atoms with E-state index in [0.717, 1.165) is 6.54 Å². The summed E-state index contributed by atoms with van der Waals surface area (Å²) >= 11 is 0. The van der Waals surface area contributed by atoms with Crippen LogP contribution in [-0.2, 0) is 4.74 Å². The lowest BCUT2D eigenvalue weighted by Crippen LogP contribution is -2.41. The molecule has 0 aromatic heterocycles. The second-order valence-electron chi connectivity index (χ2n) is 8.22. The van der Waals surface area contributed by atoms with Crippen LogP contribution in [0, 0.1) is 11.3 Å². The van der Waals surface area contributed by atoms with Crippen LogP contribution in [0.4, 0.5) is 0 Å². The van der Waals surface area contributed by atoms with Gasteiger partial charge in [-0.1, -0.05) is 47.5 Å². The molecule has 1 aliphatic heterocycles. The van der Waals surface area contributed by atoms with Crippen LogP contribution >= 0.6 is 0 Å². The Hall–Kier alpha value is -0.0800. The normalized spacial score (nSPS) is 28.6. The fraction of sp³-hybridized carbons (Fsp3) is 1.00. The SMILES string of the molecule is CC(C)NCC(C)(CC1CCC2(CCCC2)O1)C(C)C. The van der Waals surface area contributed by atoms with E-state index in [0.29, 0.717) is 23.5 Å². The molecule has 1 aliphatic carbocycles. The summed E-state index contributed by atoms with van der Waals surface area (Å²) in [4.78, 5) is 0. The van der Waals surface area contributed by atoms with Gasteiger partial charge in [0.1, 0.15) is 0 Å². The monoisotopic (exact) mass is 281 g/mol. The van der Waals surface area contributed by atoms with E-state index in [1.54, 1.807) is 0 Å². The Labute approximate surface area is 126 Å². The van der Waals surface area contributed by atoms with Crippen LogP contribution in [0.1, 0.15) is 79.6 Å². The molecule has 1 saturated heterocycles. The van der Waals surface area contributed by atoms with Gasteiger partial charge in [-0.15, -0.1) is 0 Å². The summed E-state index contributed by atoms with van der Waals surface area (Å²) in [5, 5.41) is 3.65. The number of rotatable bonds is 6. The van der Waals surface area contributed by atoms with Gasteiger partial charge < -0.3 is 10.1 Å². The van der Waals surface area contributed by atoms with Crippen molar-refractivity contribution < 1.29 is 4.74 Å². The van der Waals surface area contributed by atoms with E-state index in [4.69, 9.17) is 4.74 Å². The molecule has 0 radical (unpaired) electrons. The van der Waals surface area contributed by atoms with Crippen molar-refractivity contribution in [2.24, 2.45) is 11.3 Å². The maximum absolute atomic E-state index is 6.53. The Balaban J connectivity index is 1.91. The predicted octanol–water partition coefficient (Wildman–Crippen LogP) is 4.53. The fourth-order valence-corrected chi connectivity index (χ4v) is 3.90. The van der Waals surface area contributed by atoms with Crippen molar-refractivity contribution in [1.82, 2.24) is 5.32 Å². The van der Waals surface area contributed by atoms with Crippen molar-refractivity contribution in [3.8, 4) is 0 Å². The number of ether oxygens (including phenoxy) is 1. The van der Waals surface area contributed by atoms with Crippen LogP contribution in [-0.4, -0.2) is 24.3 Å². The first-order chi connectivity index (χ1) is 9.35. The topological polar surface area (TPSA) is 21.3 Å². The standard InChI is InChI=1S/C18H35NO/c1-14(2)17(5,13-19-15(3)4)12-16-8-11-18(20-16)9-6-7-10-18/h14-16,19H,6-13H2,1-5H3. The molecule has 20 heavy (non-hydrogen) atoms. The van der Waals surface area contributed by atoms with Crippen LogP contribution in [0.5, 0.6) is 0 Å². The Kier molecular flexibility index (Phi) is 5.18. The molecule has 2 fully saturated rings. The minimum atomic E-state index is 0.286. The molecule has 2 rings (SSSR count). The molecule has 0 bridgehead atoms. The highest BCUT2D eigenvalue weighted by Crippen LogP contribution is 2.46. The van der Waals surface area contributed by atoms with Crippen molar-refractivity contribution in [1.29, 1.82) is 0 Å². The number of nitrogens with one attached hydrogen (secondary N) is 1. The molecule has 0 aromatic rings. The minimum absolute atomic E-state index is 0.286. The van der Waals surface area contributed by atoms with Crippen LogP contribution in [0.25, 0.3) is 0 Å². The van der Waals surface area contributed by atoms with E-state index in [1.165, 1.54) is 44.9 Å². The van der Waals surface area contributed by atoms with E-state index < -0.39 is 0 Å². The Morgan fingerprint density at radius 2 is 1.80 bits per heavy atom. The van der Waals surface area contributed by atoms with Gasteiger partial charge >= 0.3 is 0 Å². The molecule has 0 aromatic carbocycles. The van der Waals surface area contributed by atoms with Crippen LogP contribution in [0.3, 0.4) is 0 Å². The lowest BCUT2D eigenvalue weighted by Gasteiger charge is -2.37. The summed E-state index contributed by atoms with van der Waals surface area (Å²) in [5.74, 6) is 0.692. The predicted molar refractivity (Wildman–Crippen MR) is 86.0 cm³/mol. The van der Waals surface area contributed by atoms with Gasteiger partial charge in [0, 0.05) is 12.6 Å².